The molecule has 0 spiro atoms. The number of fused-ring (bicyclic) bond motifs is 12. The van der Waals surface area contributed by atoms with E-state index < -0.39 is 0 Å². The first-order valence-corrected chi connectivity index (χ1v) is 9.55. The van der Waals surface area contributed by atoms with Crippen molar-refractivity contribution in [3.05, 3.63) is 84.9 Å². The number of benzene rings is 5. The van der Waals surface area contributed by atoms with Gasteiger partial charge in [0, 0.05) is 26.9 Å². The van der Waals surface area contributed by atoms with Gasteiger partial charge in [0.05, 0.1) is 16.4 Å². The van der Waals surface area contributed by atoms with E-state index in [1.165, 1.54) is 37.8 Å². The van der Waals surface area contributed by atoms with Gasteiger partial charge in [-0.1, -0.05) is 78.9 Å². The van der Waals surface area contributed by atoms with Crippen LogP contribution in [0.2, 0.25) is 0 Å². The van der Waals surface area contributed by atoms with E-state index in [1.54, 1.807) is 0 Å². The minimum absolute atomic E-state index is 0.929. The van der Waals surface area contributed by atoms with E-state index in [9.17, 15) is 0 Å². The summed E-state index contributed by atoms with van der Waals surface area (Å²) >= 11 is 0. The van der Waals surface area contributed by atoms with Gasteiger partial charge in [0.2, 0.25) is 0 Å². The summed E-state index contributed by atoms with van der Waals surface area (Å²) in [4.78, 5) is 3.77. The Hall–Kier alpha value is -3.78. The summed E-state index contributed by atoms with van der Waals surface area (Å²) in [5, 5.41) is 9.75. The lowest BCUT2D eigenvalue weighted by atomic mass is 9.98. The molecule has 130 valence electrons. The third kappa shape index (κ3) is 1.64. The van der Waals surface area contributed by atoms with E-state index >= 15 is 0 Å². The number of nitrogens with one attached hydrogen (secondary N) is 1. The fraction of sp³-hybridized carbons (Fsp3) is 0. The van der Waals surface area contributed by atoms with E-state index in [0.717, 1.165) is 27.5 Å². The molecule has 1 N–H and O–H groups in total. The van der Waals surface area contributed by atoms with Crippen LogP contribution >= 0.6 is 0 Å². The normalized spacial score (nSPS) is 12.3. The number of hydrogen-bond acceptors (Lipinski definition) is 1. The average molecular weight is 357 g/mol. The molecule has 0 radical (unpaired) electrons. The van der Waals surface area contributed by atoms with E-state index in [2.05, 4.69) is 77.8 Å². The van der Waals surface area contributed by atoms with Crippen molar-refractivity contribution >= 4 is 65.3 Å². The molecule has 0 bridgehead atoms. The molecule has 0 unspecified atom stereocenters. The van der Waals surface area contributed by atoms with Gasteiger partial charge in [-0.25, -0.2) is 0 Å². The van der Waals surface area contributed by atoms with Crippen molar-refractivity contribution in [1.82, 2.24) is 4.98 Å². The Morgan fingerprint density at radius 1 is 0.500 bits per heavy atom. The van der Waals surface area contributed by atoms with Crippen LogP contribution in [0.4, 0.5) is 0 Å². The summed E-state index contributed by atoms with van der Waals surface area (Å²) in [5.41, 5.74) is 4.24. The lowest BCUT2D eigenvalue weighted by molar-refractivity contribution is 0.673. The molecular weight excluding hydrogens is 342 g/mol. The minimum atomic E-state index is 0.929. The number of H-pyrrole nitrogens is 1. The van der Waals surface area contributed by atoms with Crippen LogP contribution in [-0.4, -0.2) is 4.98 Å². The zero-order chi connectivity index (χ0) is 18.2. The predicted octanol–water partition coefficient (Wildman–Crippen LogP) is 7.53. The first kappa shape index (κ1) is 14.3. The molecule has 7 aromatic rings. The van der Waals surface area contributed by atoms with Crippen LogP contribution in [0.25, 0.3) is 65.3 Å². The van der Waals surface area contributed by atoms with Gasteiger partial charge >= 0.3 is 0 Å². The molecule has 28 heavy (non-hydrogen) atoms. The molecule has 2 heteroatoms. The number of para-hydroxylation sites is 1. The molecule has 0 amide bonds. The van der Waals surface area contributed by atoms with Gasteiger partial charge in [-0.3, -0.25) is 0 Å². The summed E-state index contributed by atoms with van der Waals surface area (Å²) in [6.07, 6.45) is 0. The molecule has 2 aromatic heterocycles. The second-order valence-electron chi connectivity index (χ2n) is 7.43. The summed E-state index contributed by atoms with van der Waals surface area (Å²) in [5.74, 6) is 0. The molecule has 0 atom stereocenters. The zero-order valence-electron chi connectivity index (χ0n) is 15.0. The Balaban J connectivity index is 1.89. The van der Waals surface area contributed by atoms with Gasteiger partial charge < -0.3 is 9.40 Å². The minimum Gasteiger partial charge on any atom is -0.455 e. The Bertz CT molecular complexity index is 1720. The van der Waals surface area contributed by atoms with Crippen LogP contribution in [0, 0.1) is 0 Å². The second-order valence-corrected chi connectivity index (χ2v) is 7.43. The largest absolute Gasteiger partial charge is 0.455 e. The first-order chi connectivity index (χ1) is 13.9. The van der Waals surface area contributed by atoms with E-state index in [-0.39, 0.29) is 0 Å². The molecule has 5 aromatic carbocycles. The van der Waals surface area contributed by atoms with Crippen molar-refractivity contribution in [2.75, 3.05) is 0 Å². The summed E-state index contributed by atoms with van der Waals surface area (Å²) in [6.45, 7) is 0. The van der Waals surface area contributed by atoms with Gasteiger partial charge in [-0.2, -0.15) is 0 Å². The molecular formula is C26H15NO. The van der Waals surface area contributed by atoms with Crippen molar-refractivity contribution in [3.8, 4) is 0 Å². The smallest absolute Gasteiger partial charge is 0.145 e. The Morgan fingerprint density at radius 2 is 1.21 bits per heavy atom. The predicted molar refractivity (Wildman–Crippen MR) is 118 cm³/mol. The van der Waals surface area contributed by atoms with Gasteiger partial charge in [0.1, 0.15) is 11.2 Å². The fourth-order valence-corrected chi connectivity index (χ4v) is 4.79. The Labute approximate surface area is 160 Å². The molecule has 0 aliphatic rings. The number of furan rings is 1. The Kier molecular flexibility index (Phi) is 2.52. The van der Waals surface area contributed by atoms with Crippen LogP contribution in [0.15, 0.2) is 89.3 Å². The third-order valence-corrected chi connectivity index (χ3v) is 5.98. The first-order valence-electron chi connectivity index (χ1n) is 9.55. The number of aromatic nitrogens is 1. The fourth-order valence-electron chi connectivity index (χ4n) is 4.79. The average Bonchev–Trinajstić information content (AvgIpc) is 3.33. The SMILES string of the molecule is c1ccc2c(c1)ccc1c2[nH]c2c1c1ccccc1c1oc3ccccc3c21. The van der Waals surface area contributed by atoms with Gasteiger partial charge in [0.25, 0.3) is 0 Å². The highest BCUT2D eigenvalue weighted by atomic mass is 16.3. The highest BCUT2D eigenvalue weighted by Gasteiger charge is 2.19. The van der Waals surface area contributed by atoms with Crippen molar-refractivity contribution in [2.24, 2.45) is 0 Å². The van der Waals surface area contributed by atoms with Gasteiger partial charge in [0.15, 0.2) is 0 Å². The van der Waals surface area contributed by atoms with E-state index in [1.807, 2.05) is 12.1 Å². The highest BCUT2D eigenvalue weighted by molar-refractivity contribution is 6.36. The maximum atomic E-state index is 6.34. The molecule has 0 fully saturated rings. The van der Waals surface area contributed by atoms with Crippen molar-refractivity contribution in [1.29, 1.82) is 0 Å². The summed E-state index contributed by atoms with van der Waals surface area (Å²) in [6, 6.07) is 29.9. The standard InChI is InChI=1S/C26H15NO/c1-2-8-16-15(7-1)13-14-20-22-17-9-3-4-10-18(17)26-23(25(22)27-24(16)20)19-11-5-6-12-21(19)28-26/h1-14,27H. The molecule has 2 heterocycles. The molecule has 0 aliphatic carbocycles. The lowest BCUT2D eigenvalue weighted by Gasteiger charge is -2.03. The second kappa shape index (κ2) is 4.93. The monoisotopic (exact) mass is 357 g/mol. The molecule has 0 saturated heterocycles. The third-order valence-electron chi connectivity index (χ3n) is 5.98. The van der Waals surface area contributed by atoms with Crippen LogP contribution in [0.1, 0.15) is 0 Å². The number of hydrogen-bond donors (Lipinski definition) is 1. The van der Waals surface area contributed by atoms with Gasteiger partial charge in [-0.05, 0) is 16.8 Å². The topological polar surface area (TPSA) is 28.9 Å². The quantitative estimate of drug-likeness (QED) is 0.299. The van der Waals surface area contributed by atoms with E-state index in [0.29, 0.717) is 0 Å². The number of rotatable bonds is 0. The van der Waals surface area contributed by atoms with Crippen molar-refractivity contribution in [3.63, 3.8) is 0 Å². The van der Waals surface area contributed by atoms with Crippen LogP contribution in [0.3, 0.4) is 0 Å². The van der Waals surface area contributed by atoms with Crippen LogP contribution in [0.5, 0.6) is 0 Å². The lowest BCUT2D eigenvalue weighted by Crippen LogP contribution is -1.78. The van der Waals surface area contributed by atoms with Crippen LogP contribution in [-0.2, 0) is 0 Å². The van der Waals surface area contributed by atoms with Gasteiger partial charge in [-0.15, -0.1) is 0 Å². The zero-order valence-corrected chi connectivity index (χ0v) is 15.0. The van der Waals surface area contributed by atoms with Crippen LogP contribution < -0.4 is 0 Å². The van der Waals surface area contributed by atoms with Crippen molar-refractivity contribution < 1.29 is 4.42 Å². The van der Waals surface area contributed by atoms with Crippen molar-refractivity contribution in [2.45, 2.75) is 0 Å². The highest BCUT2D eigenvalue weighted by Crippen LogP contribution is 2.44. The molecule has 0 saturated carbocycles. The maximum absolute atomic E-state index is 6.34. The summed E-state index contributed by atoms with van der Waals surface area (Å²) < 4.78 is 6.34. The molecule has 0 aliphatic heterocycles. The molecule has 2 nitrogen and oxygen atoms in total. The molecule has 7 rings (SSSR count). The Morgan fingerprint density at radius 3 is 2.11 bits per heavy atom. The summed E-state index contributed by atoms with van der Waals surface area (Å²) in [7, 11) is 0. The van der Waals surface area contributed by atoms with E-state index in [4.69, 9.17) is 4.42 Å². The number of aromatic amines is 1. The maximum Gasteiger partial charge on any atom is 0.145 e.